The molecule has 2 rings (SSSR count). The first-order valence-corrected chi connectivity index (χ1v) is 7.81. The molecule has 116 valence electrons. The molecule has 1 aromatic rings. The molecule has 4 heteroatoms. The third kappa shape index (κ3) is 4.29. The molecule has 0 aromatic heterocycles. The first-order valence-electron chi connectivity index (χ1n) is 7.81. The van der Waals surface area contributed by atoms with E-state index >= 15 is 0 Å². The number of amides is 1. The van der Waals surface area contributed by atoms with Gasteiger partial charge in [-0.25, -0.2) is 0 Å². The highest BCUT2D eigenvalue weighted by Gasteiger charge is 2.23. The van der Waals surface area contributed by atoms with Gasteiger partial charge in [-0.15, -0.1) is 0 Å². The summed E-state index contributed by atoms with van der Waals surface area (Å²) in [5.41, 5.74) is 9.21. The molecule has 1 fully saturated rings. The Balaban J connectivity index is 1.84. The zero-order valence-corrected chi connectivity index (χ0v) is 13.4. The number of rotatable bonds is 4. The van der Waals surface area contributed by atoms with Gasteiger partial charge in [0, 0.05) is 11.7 Å². The highest BCUT2D eigenvalue weighted by molar-refractivity contribution is 5.93. The van der Waals surface area contributed by atoms with E-state index < -0.39 is 0 Å². The number of benzene rings is 1. The van der Waals surface area contributed by atoms with Gasteiger partial charge in [-0.1, -0.05) is 12.1 Å². The lowest BCUT2D eigenvalue weighted by atomic mass is 9.91. The van der Waals surface area contributed by atoms with Crippen molar-refractivity contribution in [1.29, 1.82) is 0 Å². The van der Waals surface area contributed by atoms with Crippen molar-refractivity contribution in [3.63, 3.8) is 0 Å². The fraction of sp³-hybridized carbons (Fsp3) is 0.588. The molecular weight excluding hydrogens is 262 g/mol. The van der Waals surface area contributed by atoms with Gasteiger partial charge < -0.3 is 11.1 Å². The summed E-state index contributed by atoms with van der Waals surface area (Å²) < 4.78 is 0. The fourth-order valence-electron chi connectivity index (χ4n) is 2.92. The van der Waals surface area contributed by atoms with E-state index in [1.165, 1.54) is 5.56 Å². The van der Waals surface area contributed by atoms with Crippen molar-refractivity contribution in [2.75, 3.05) is 25.0 Å². The predicted molar refractivity (Wildman–Crippen MR) is 87.4 cm³/mol. The highest BCUT2D eigenvalue weighted by atomic mass is 16.2. The first kappa shape index (κ1) is 16.0. The van der Waals surface area contributed by atoms with Crippen molar-refractivity contribution in [3.05, 3.63) is 29.3 Å². The number of aryl methyl sites for hydroxylation is 1. The molecule has 0 spiro atoms. The van der Waals surface area contributed by atoms with Crippen LogP contribution in [0.2, 0.25) is 0 Å². The summed E-state index contributed by atoms with van der Waals surface area (Å²) in [7, 11) is 0. The lowest BCUT2D eigenvalue weighted by Gasteiger charge is -2.33. The summed E-state index contributed by atoms with van der Waals surface area (Å²) >= 11 is 0. The summed E-state index contributed by atoms with van der Waals surface area (Å²) in [6.07, 6.45) is 2.18. The Hall–Kier alpha value is -1.39. The van der Waals surface area contributed by atoms with Crippen molar-refractivity contribution >= 4 is 11.6 Å². The van der Waals surface area contributed by atoms with Crippen LogP contribution in [0.1, 0.15) is 30.9 Å². The number of likely N-dealkylation sites (tertiary alicyclic amines) is 1. The zero-order valence-electron chi connectivity index (χ0n) is 13.4. The zero-order chi connectivity index (χ0) is 15.4. The van der Waals surface area contributed by atoms with Crippen LogP contribution in [-0.4, -0.2) is 36.5 Å². The van der Waals surface area contributed by atoms with Crippen LogP contribution in [0.5, 0.6) is 0 Å². The standard InChI is InChI=1S/C17H27N3O/c1-12-5-4-6-16(13(12)2)19-17(21)11-20-9-7-15(8-10-20)14(3)18/h4-6,14-15H,7-11,18H2,1-3H3,(H,19,21). The maximum Gasteiger partial charge on any atom is 0.238 e. The van der Waals surface area contributed by atoms with Crippen LogP contribution in [0.4, 0.5) is 5.69 Å². The number of nitrogens with zero attached hydrogens (tertiary/aromatic N) is 1. The second kappa shape index (κ2) is 7.05. The van der Waals surface area contributed by atoms with Gasteiger partial charge in [-0.3, -0.25) is 9.69 Å². The number of carbonyl (C=O) groups is 1. The minimum absolute atomic E-state index is 0.0722. The van der Waals surface area contributed by atoms with Gasteiger partial charge in [0.2, 0.25) is 5.91 Å². The topological polar surface area (TPSA) is 58.4 Å². The Labute approximate surface area is 127 Å². The van der Waals surface area contributed by atoms with Crippen LogP contribution in [0, 0.1) is 19.8 Å². The van der Waals surface area contributed by atoms with E-state index in [4.69, 9.17) is 5.73 Å². The van der Waals surface area contributed by atoms with Gasteiger partial charge in [-0.2, -0.15) is 0 Å². The van der Waals surface area contributed by atoms with Crippen LogP contribution in [0.15, 0.2) is 18.2 Å². The lowest BCUT2D eigenvalue weighted by molar-refractivity contribution is -0.117. The van der Waals surface area contributed by atoms with Gasteiger partial charge in [0.25, 0.3) is 0 Å². The number of piperidine rings is 1. The van der Waals surface area contributed by atoms with Gasteiger partial charge in [0.05, 0.1) is 6.54 Å². The van der Waals surface area contributed by atoms with E-state index in [0.717, 1.165) is 37.2 Å². The molecule has 1 atom stereocenters. The summed E-state index contributed by atoms with van der Waals surface area (Å²) in [4.78, 5) is 14.4. The van der Waals surface area contributed by atoms with Crippen molar-refractivity contribution in [2.45, 2.75) is 39.7 Å². The quantitative estimate of drug-likeness (QED) is 0.894. The third-order valence-electron chi connectivity index (χ3n) is 4.62. The molecule has 0 bridgehead atoms. The Bertz CT molecular complexity index is 491. The van der Waals surface area contributed by atoms with Crippen LogP contribution in [0.3, 0.4) is 0 Å². The molecule has 0 saturated carbocycles. The number of anilines is 1. The number of carbonyl (C=O) groups excluding carboxylic acids is 1. The average molecular weight is 289 g/mol. The summed E-state index contributed by atoms with van der Waals surface area (Å²) in [5.74, 6) is 0.672. The van der Waals surface area contributed by atoms with Crippen LogP contribution in [-0.2, 0) is 4.79 Å². The third-order valence-corrected chi connectivity index (χ3v) is 4.62. The molecule has 1 aliphatic rings. The smallest absolute Gasteiger partial charge is 0.238 e. The van der Waals surface area contributed by atoms with Crippen molar-refractivity contribution in [2.24, 2.45) is 11.7 Å². The van der Waals surface area contributed by atoms with E-state index in [1.807, 2.05) is 19.1 Å². The summed E-state index contributed by atoms with van der Waals surface area (Å²) in [6, 6.07) is 6.26. The number of nitrogens with two attached hydrogens (primary N) is 1. The van der Waals surface area contributed by atoms with Gasteiger partial charge in [0.15, 0.2) is 0 Å². The van der Waals surface area contributed by atoms with Gasteiger partial charge in [-0.05, 0) is 69.8 Å². The van der Waals surface area contributed by atoms with Crippen LogP contribution < -0.4 is 11.1 Å². The molecule has 3 N–H and O–H groups in total. The van der Waals surface area contributed by atoms with Gasteiger partial charge >= 0.3 is 0 Å². The lowest BCUT2D eigenvalue weighted by Crippen LogP contribution is -2.42. The molecule has 1 unspecified atom stereocenters. The maximum atomic E-state index is 12.2. The molecule has 4 nitrogen and oxygen atoms in total. The molecule has 1 heterocycles. The monoisotopic (exact) mass is 289 g/mol. The number of nitrogens with one attached hydrogen (secondary N) is 1. The number of hydrogen-bond donors (Lipinski definition) is 2. The van der Waals surface area contributed by atoms with E-state index in [1.54, 1.807) is 0 Å². The molecule has 0 radical (unpaired) electrons. The van der Waals surface area contributed by atoms with E-state index in [0.29, 0.717) is 12.5 Å². The average Bonchev–Trinajstić information content (AvgIpc) is 2.44. The van der Waals surface area contributed by atoms with Crippen LogP contribution >= 0.6 is 0 Å². The second-order valence-electron chi connectivity index (χ2n) is 6.27. The van der Waals surface area contributed by atoms with Crippen molar-refractivity contribution in [3.8, 4) is 0 Å². The van der Waals surface area contributed by atoms with Crippen molar-refractivity contribution < 1.29 is 4.79 Å². The fourth-order valence-corrected chi connectivity index (χ4v) is 2.92. The molecule has 1 amide bonds. The van der Waals surface area contributed by atoms with Gasteiger partial charge in [0.1, 0.15) is 0 Å². The minimum atomic E-state index is 0.0722. The Kier molecular flexibility index (Phi) is 5.37. The number of hydrogen-bond acceptors (Lipinski definition) is 3. The first-order chi connectivity index (χ1) is 9.97. The molecular formula is C17H27N3O. The Morgan fingerprint density at radius 2 is 2.05 bits per heavy atom. The Morgan fingerprint density at radius 3 is 2.67 bits per heavy atom. The van der Waals surface area contributed by atoms with Crippen LogP contribution in [0.25, 0.3) is 0 Å². The predicted octanol–water partition coefficient (Wildman–Crippen LogP) is 2.30. The summed E-state index contributed by atoms with van der Waals surface area (Å²) in [5, 5.41) is 3.03. The molecule has 1 aliphatic heterocycles. The minimum Gasteiger partial charge on any atom is -0.328 e. The van der Waals surface area contributed by atoms with Crippen molar-refractivity contribution in [1.82, 2.24) is 4.90 Å². The normalized spacial score (nSPS) is 18.5. The molecule has 1 saturated heterocycles. The largest absolute Gasteiger partial charge is 0.328 e. The second-order valence-corrected chi connectivity index (χ2v) is 6.27. The SMILES string of the molecule is Cc1cccc(NC(=O)CN2CCC(C(C)N)CC2)c1C. The highest BCUT2D eigenvalue weighted by Crippen LogP contribution is 2.20. The summed E-state index contributed by atoms with van der Waals surface area (Å²) in [6.45, 7) is 8.58. The molecule has 1 aromatic carbocycles. The molecule has 21 heavy (non-hydrogen) atoms. The van der Waals surface area contributed by atoms with E-state index in [2.05, 4.69) is 30.1 Å². The maximum absolute atomic E-state index is 12.2. The molecule has 0 aliphatic carbocycles. The Morgan fingerprint density at radius 1 is 1.38 bits per heavy atom. The van der Waals surface area contributed by atoms with E-state index in [9.17, 15) is 4.79 Å². The van der Waals surface area contributed by atoms with E-state index in [-0.39, 0.29) is 11.9 Å².